The third-order valence-electron chi connectivity index (χ3n) is 5.11. The molecular formula is C19H27NO2. The van der Waals surface area contributed by atoms with E-state index in [1.54, 1.807) is 0 Å². The lowest BCUT2D eigenvalue weighted by Gasteiger charge is -2.25. The molecule has 3 nitrogen and oxygen atoms in total. The van der Waals surface area contributed by atoms with Crippen molar-refractivity contribution in [3.63, 3.8) is 0 Å². The predicted molar refractivity (Wildman–Crippen MR) is 90.8 cm³/mol. The van der Waals surface area contributed by atoms with Crippen LogP contribution in [0.2, 0.25) is 0 Å². The van der Waals surface area contributed by atoms with Crippen molar-refractivity contribution in [2.24, 2.45) is 5.41 Å². The van der Waals surface area contributed by atoms with Crippen molar-refractivity contribution >= 4 is 17.3 Å². The average Bonchev–Trinajstić information content (AvgIpc) is 2.77. The van der Waals surface area contributed by atoms with E-state index in [1.807, 2.05) is 27.1 Å². The fourth-order valence-corrected chi connectivity index (χ4v) is 3.53. The largest absolute Gasteiger partial charge is 0.377 e. The maximum absolute atomic E-state index is 13.0. The first-order chi connectivity index (χ1) is 10.3. The molecule has 0 saturated heterocycles. The van der Waals surface area contributed by atoms with E-state index in [1.165, 1.54) is 5.69 Å². The molecule has 1 aliphatic carbocycles. The van der Waals surface area contributed by atoms with E-state index < -0.39 is 0 Å². The molecule has 1 aromatic rings. The SMILES string of the molecule is CCC(=O)CCC1(CC)Cc2cc(N(C)C)c(C)cc2C1=O. The normalized spacial score (nSPS) is 20.1. The van der Waals surface area contributed by atoms with Crippen LogP contribution in [0.1, 0.15) is 61.0 Å². The van der Waals surface area contributed by atoms with E-state index in [9.17, 15) is 9.59 Å². The molecule has 0 saturated carbocycles. The van der Waals surface area contributed by atoms with Crippen molar-refractivity contribution in [3.05, 3.63) is 28.8 Å². The molecule has 1 aliphatic rings. The summed E-state index contributed by atoms with van der Waals surface area (Å²) in [6, 6.07) is 4.19. The maximum atomic E-state index is 13.0. The number of hydrogen-bond donors (Lipinski definition) is 0. The van der Waals surface area contributed by atoms with Crippen LogP contribution >= 0.6 is 0 Å². The molecule has 0 heterocycles. The second-order valence-corrected chi connectivity index (χ2v) is 6.72. The number of hydrogen-bond acceptors (Lipinski definition) is 3. The molecular weight excluding hydrogens is 274 g/mol. The van der Waals surface area contributed by atoms with Crippen LogP contribution in [-0.2, 0) is 11.2 Å². The first kappa shape index (κ1) is 16.7. The molecule has 0 aliphatic heterocycles. The highest BCUT2D eigenvalue weighted by Gasteiger charge is 2.44. The van der Waals surface area contributed by atoms with E-state index in [-0.39, 0.29) is 17.0 Å². The van der Waals surface area contributed by atoms with E-state index in [4.69, 9.17) is 0 Å². The van der Waals surface area contributed by atoms with Crippen molar-refractivity contribution in [1.29, 1.82) is 0 Å². The summed E-state index contributed by atoms with van der Waals surface area (Å²) in [7, 11) is 4.05. The Morgan fingerprint density at radius 3 is 2.50 bits per heavy atom. The van der Waals surface area contributed by atoms with Crippen LogP contribution in [0.15, 0.2) is 12.1 Å². The van der Waals surface area contributed by atoms with E-state index in [0.29, 0.717) is 19.3 Å². The molecule has 2 rings (SSSR count). The third-order valence-corrected chi connectivity index (χ3v) is 5.11. The highest BCUT2D eigenvalue weighted by Crippen LogP contribution is 2.44. The summed E-state index contributed by atoms with van der Waals surface area (Å²) in [4.78, 5) is 26.7. The monoisotopic (exact) mass is 301 g/mol. The summed E-state index contributed by atoms with van der Waals surface area (Å²) in [5.41, 5.74) is 3.94. The Balaban J connectivity index is 2.34. The highest BCUT2D eigenvalue weighted by atomic mass is 16.1. The summed E-state index contributed by atoms with van der Waals surface area (Å²) in [6.45, 7) is 6.01. The number of carbonyl (C=O) groups excluding carboxylic acids is 2. The van der Waals surface area contributed by atoms with Crippen LogP contribution in [0, 0.1) is 12.3 Å². The first-order valence-corrected chi connectivity index (χ1v) is 8.22. The fraction of sp³-hybridized carbons (Fsp3) is 0.579. The zero-order valence-electron chi connectivity index (χ0n) is 14.5. The molecule has 0 radical (unpaired) electrons. The Bertz CT molecular complexity index is 604. The minimum Gasteiger partial charge on any atom is -0.377 e. The first-order valence-electron chi connectivity index (χ1n) is 8.22. The molecule has 0 aromatic heterocycles. The molecule has 3 heteroatoms. The molecule has 1 atom stereocenters. The molecule has 0 N–H and O–H groups in total. The number of Topliss-reactive ketones (excluding diaryl/α,β-unsaturated/α-hetero) is 2. The van der Waals surface area contributed by atoms with Crippen molar-refractivity contribution in [3.8, 4) is 0 Å². The van der Waals surface area contributed by atoms with E-state index in [2.05, 4.69) is 24.8 Å². The van der Waals surface area contributed by atoms with Crippen LogP contribution < -0.4 is 4.90 Å². The van der Waals surface area contributed by atoms with Gasteiger partial charge in [-0.25, -0.2) is 0 Å². The van der Waals surface area contributed by atoms with E-state index >= 15 is 0 Å². The fourth-order valence-electron chi connectivity index (χ4n) is 3.53. The van der Waals surface area contributed by atoms with Crippen LogP contribution in [0.5, 0.6) is 0 Å². The number of carbonyl (C=O) groups is 2. The van der Waals surface area contributed by atoms with Gasteiger partial charge in [0.25, 0.3) is 0 Å². The summed E-state index contributed by atoms with van der Waals surface area (Å²) >= 11 is 0. The Morgan fingerprint density at radius 1 is 1.27 bits per heavy atom. The van der Waals surface area contributed by atoms with Gasteiger partial charge < -0.3 is 4.90 Å². The van der Waals surface area contributed by atoms with Gasteiger partial charge in [-0.1, -0.05) is 13.8 Å². The van der Waals surface area contributed by atoms with Crippen molar-refractivity contribution in [2.75, 3.05) is 19.0 Å². The lowest BCUT2D eigenvalue weighted by atomic mass is 9.76. The maximum Gasteiger partial charge on any atom is 0.169 e. The van der Waals surface area contributed by atoms with Gasteiger partial charge in [0.1, 0.15) is 5.78 Å². The number of benzene rings is 1. The van der Waals surface area contributed by atoms with E-state index in [0.717, 1.165) is 29.5 Å². The predicted octanol–water partition coefficient (Wildman–Crippen LogP) is 3.96. The number of aryl methyl sites for hydroxylation is 1. The molecule has 22 heavy (non-hydrogen) atoms. The van der Waals surface area contributed by atoms with Gasteiger partial charge in [0.15, 0.2) is 5.78 Å². The lowest BCUT2D eigenvalue weighted by molar-refractivity contribution is -0.119. The lowest BCUT2D eigenvalue weighted by Crippen LogP contribution is -2.28. The summed E-state index contributed by atoms with van der Waals surface area (Å²) in [5.74, 6) is 0.490. The number of ketones is 2. The summed E-state index contributed by atoms with van der Waals surface area (Å²) in [5, 5.41) is 0. The Hall–Kier alpha value is -1.64. The van der Waals surface area contributed by atoms with Gasteiger partial charge in [0.05, 0.1) is 0 Å². The molecule has 0 amide bonds. The van der Waals surface area contributed by atoms with Crippen molar-refractivity contribution < 1.29 is 9.59 Å². The number of fused-ring (bicyclic) bond motifs is 1. The third kappa shape index (κ3) is 2.81. The van der Waals surface area contributed by atoms with Gasteiger partial charge in [-0.3, -0.25) is 9.59 Å². The van der Waals surface area contributed by atoms with Crippen molar-refractivity contribution in [1.82, 2.24) is 0 Å². The molecule has 1 unspecified atom stereocenters. The summed E-state index contributed by atoms with van der Waals surface area (Å²) in [6.07, 6.45) is 3.33. The highest BCUT2D eigenvalue weighted by molar-refractivity contribution is 6.05. The second-order valence-electron chi connectivity index (χ2n) is 6.72. The van der Waals surface area contributed by atoms with Gasteiger partial charge in [0.2, 0.25) is 0 Å². The van der Waals surface area contributed by atoms with Crippen LogP contribution in [-0.4, -0.2) is 25.7 Å². The number of rotatable bonds is 6. The smallest absolute Gasteiger partial charge is 0.169 e. The van der Waals surface area contributed by atoms with Crippen LogP contribution in [0.25, 0.3) is 0 Å². The quantitative estimate of drug-likeness (QED) is 0.798. The standard InChI is InChI=1S/C19H27NO2/c1-6-15(21)8-9-19(7-2)12-14-11-17(20(4)5)13(3)10-16(14)18(19)22/h10-11H,6-9,12H2,1-5H3. The molecule has 0 fully saturated rings. The zero-order valence-corrected chi connectivity index (χ0v) is 14.5. The molecule has 0 spiro atoms. The van der Waals surface area contributed by atoms with Gasteiger partial charge in [-0.05, 0) is 49.4 Å². The average molecular weight is 301 g/mol. The van der Waals surface area contributed by atoms with Gasteiger partial charge in [-0.15, -0.1) is 0 Å². The number of nitrogens with zero attached hydrogens (tertiary/aromatic N) is 1. The minimum atomic E-state index is -0.370. The van der Waals surface area contributed by atoms with Gasteiger partial charge in [-0.2, -0.15) is 0 Å². The molecule has 120 valence electrons. The molecule has 1 aromatic carbocycles. The Labute approximate surface area is 133 Å². The van der Waals surface area contributed by atoms with Gasteiger partial charge >= 0.3 is 0 Å². The molecule has 0 bridgehead atoms. The minimum absolute atomic E-state index is 0.238. The summed E-state index contributed by atoms with van der Waals surface area (Å²) < 4.78 is 0. The number of anilines is 1. The van der Waals surface area contributed by atoms with Gasteiger partial charge in [0, 0.05) is 43.6 Å². The van der Waals surface area contributed by atoms with Crippen LogP contribution in [0.4, 0.5) is 5.69 Å². The Kier molecular flexibility index (Phi) is 4.74. The topological polar surface area (TPSA) is 37.4 Å². The van der Waals surface area contributed by atoms with Crippen LogP contribution in [0.3, 0.4) is 0 Å². The zero-order chi connectivity index (χ0) is 16.5. The second kappa shape index (κ2) is 6.23. The van der Waals surface area contributed by atoms with Crippen molar-refractivity contribution in [2.45, 2.75) is 52.9 Å². The Morgan fingerprint density at radius 2 is 1.95 bits per heavy atom.